The second kappa shape index (κ2) is 5.56. The van der Waals surface area contributed by atoms with E-state index in [1.54, 1.807) is 14.0 Å². The van der Waals surface area contributed by atoms with Crippen LogP contribution in [0.2, 0.25) is 0 Å². The van der Waals surface area contributed by atoms with Gasteiger partial charge in [-0.05, 0) is 31.5 Å². The van der Waals surface area contributed by atoms with Crippen molar-refractivity contribution in [3.8, 4) is 5.75 Å². The fraction of sp³-hybridized carbons (Fsp3) is 0.286. The summed E-state index contributed by atoms with van der Waals surface area (Å²) in [5.41, 5.74) is 2.10. The van der Waals surface area contributed by atoms with Gasteiger partial charge in [-0.25, -0.2) is 0 Å². The van der Waals surface area contributed by atoms with Crippen LogP contribution in [0, 0.1) is 13.8 Å². The molecule has 0 fully saturated rings. The third-order valence-electron chi connectivity index (χ3n) is 2.98. The summed E-state index contributed by atoms with van der Waals surface area (Å²) in [5, 5.41) is 6.55. The van der Waals surface area contributed by atoms with Crippen LogP contribution in [0.25, 0.3) is 0 Å². The van der Waals surface area contributed by atoms with Crippen molar-refractivity contribution < 1.29 is 14.1 Å². The Labute approximate surface area is 111 Å². The lowest BCUT2D eigenvalue weighted by molar-refractivity contribution is 0.0941. The van der Waals surface area contributed by atoms with Crippen LogP contribution in [0.3, 0.4) is 0 Å². The number of carbonyl (C=O) groups excluding carboxylic acids is 1. The first-order chi connectivity index (χ1) is 9.11. The van der Waals surface area contributed by atoms with Gasteiger partial charge in [0, 0.05) is 12.1 Å². The third kappa shape index (κ3) is 2.93. The van der Waals surface area contributed by atoms with E-state index in [1.807, 2.05) is 31.2 Å². The van der Waals surface area contributed by atoms with Gasteiger partial charge in [-0.2, -0.15) is 0 Å². The largest absolute Gasteiger partial charge is 0.497 e. The molecule has 1 amide bonds. The van der Waals surface area contributed by atoms with E-state index in [-0.39, 0.29) is 5.91 Å². The summed E-state index contributed by atoms with van der Waals surface area (Å²) >= 11 is 0. The molecule has 5 heteroatoms. The van der Waals surface area contributed by atoms with E-state index in [9.17, 15) is 4.79 Å². The number of benzene rings is 1. The molecule has 2 aromatic rings. The molecular weight excluding hydrogens is 244 g/mol. The van der Waals surface area contributed by atoms with Gasteiger partial charge in [0.15, 0.2) is 5.69 Å². The van der Waals surface area contributed by atoms with Crippen molar-refractivity contribution in [1.29, 1.82) is 0 Å². The molecule has 0 aliphatic rings. The molecule has 0 bridgehead atoms. The van der Waals surface area contributed by atoms with Crippen LogP contribution in [0.4, 0.5) is 0 Å². The predicted octanol–water partition coefficient (Wildman–Crippen LogP) is 2.23. The van der Waals surface area contributed by atoms with Crippen molar-refractivity contribution in [3.05, 3.63) is 46.8 Å². The van der Waals surface area contributed by atoms with Gasteiger partial charge in [0.25, 0.3) is 5.91 Å². The van der Waals surface area contributed by atoms with E-state index in [0.29, 0.717) is 18.0 Å². The van der Waals surface area contributed by atoms with Crippen LogP contribution >= 0.6 is 0 Å². The summed E-state index contributed by atoms with van der Waals surface area (Å²) in [6, 6.07) is 7.51. The number of nitrogens with one attached hydrogen (secondary N) is 1. The van der Waals surface area contributed by atoms with Crippen molar-refractivity contribution in [2.24, 2.45) is 0 Å². The molecule has 2 rings (SSSR count). The Morgan fingerprint density at radius 2 is 2.00 bits per heavy atom. The highest BCUT2D eigenvalue weighted by molar-refractivity contribution is 5.93. The summed E-state index contributed by atoms with van der Waals surface area (Å²) in [5.74, 6) is 1.22. The summed E-state index contributed by atoms with van der Waals surface area (Å²) in [6.45, 7) is 4.03. The smallest absolute Gasteiger partial charge is 0.274 e. The van der Waals surface area contributed by atoms with Gasteiger partial charge in [-0.15, -0.1) is 0 Å². The third-order valence-corrected chi connectivity index (χ3v) is 2.98. The minimum atomic E-state index is -0.231. The standard InChI is InChI=1S/C14H16N2O3/c1-9-10(2)19-16-13(9)14(17)15-8-11-4-6-12(18-3)7-5-11/h4-7H,8H2,1-3H3,(H,15,17). The molecule has 0 radical (unpaired) electrons. The Morgan fingerprint density at radius 3 is 2.53 bits per heavy atom. The number of ether oxygens (including phenoxy) is 1. The number of hydrogen-bond donors (Lipinski definition) is 1. The van der Waals surface area contributed by atoms with Gasteiger partial charge in [0.1, 0.15) is 11.5 Å². The summed E-state index contributed by atoms with van der Waals surface area (Å²) in [7, 11) is 1.62. The first-order valence-electron chi connectivity index (χ1n) is 5.96. The lowest BCUT2D eigenvalue weighted by atomic mass is 10.2. The molecule has 0 saturated carbocycles. The number of nitrogens with zero attached hydrogens (tertiary/aromatic N) is 1. The van der Waals surface area contributed by atoms with Gasteiger partial charge in [0.05, 0.1) is 7.11 Å². The zero-order valence-corrected chi connectivity index (χ0v) is 11.2. The quantitative estimate of drug-likeness (QED) is 0.915. The molecule has 100 valence electrons. The highest BCUT2D eigenvalue weighted by atomic mass is 16.5. The summed E-state index contributed by atoms with van der Waals surface area (Å²) in [6.07, 6.45) is 0. The van der Waals surface area contributed by atoms with Crippen LogP contribution in [0.15, 0.2) is 28.8 Å². The number of aromatic nitrogens is 1. The number of aryl methyl sites for hydroxylation is 1. The van der Waals surface area contributed by atoms with Gasteiger partial charge in [-0.3, -0.25) is 4.79 Å². The molecule has 0 aliphatic heterocycles. The number of carbonyl (C=O) groups is 1. The molecule has 5 nitrogen and oxygen atoms in total. The molecule has 0 unspecified atom stereocenters. The normalized spacial score (nSPS) is 10.3. The number of rotatable bonds is 4. The Hall–Kier alpha value is -2.30. The SMILES string of the molecule is COc1ccc(CNC(=O)c2noc(C)c2C)cc1. The molecule has 1 aromatic heterocycles. The molecule has 0 atom stereocenters. The number of amides is 1. The zero-order valence-electron chi connectivity index (χ0n) is 11.2. The van der Waals surface area contributed by atoms with Crippen molar-refractivity contribution in [2.75, 3.05) is 7.11 Å². The van der Waals surface area contributed by atoms with E-state index < -0.39 is 0 Å². The van der Waals surface area contributed by atoms with Gasteiger partial charge in [0.2, 0.25) is 0 Å². The second-order valence-corrected chi connectivity index (χ2v) is 4.24. The number of methoxy groups -OCH3 is 1. The second-order valence-electron chi connectivity index (χ2n) is 4.24. The first-order valence-corrected chi connectivity index (χ1v) is 5.96. The fourth-order valence-electron chi connectivity index (χ4n) is 1.64. The molecular formula is C14H16N2O3. The monoisotopic (exact) mass is 260 g/mol. The lowest BCUT2D eigenvalue weighted by Crippen LogP contribution is -2.23. The average molecular weight is 260 g/mol. The summed E-state index contributed by atoms with van der Waals surface area (Å²) in [4.78, 5) is 11.9. The molecule has 1 N–H and O–H groups in total. The van der Waals surface area contributed by atoms with Gasteiger partial charge < -0.3 is 14.6 Å². The van der Waals surface area contributed by atoms with Crippen LogP contribution < -0.4 is 10.1 Å². The molecule has 0 saturated heterocycles. The van der Waals surface area contributed by atoms with Crippen LogP contribution in [-0.2, 0) is 6.54 Å². The Morgan fingerprint density at radius 1 is 1.32 bits per heavy atom. The Kier molecular flexibility index (Phi) is 3.85. The van der Waals surface area contributed by atoms with Crippen molar-refractivity contribution in [2.45, 2.75) is 20.4 Å². The molecule has 1 heterocycles. The van der Waals surface area contributed by atoms with Gasteiger partial charge >= 0.3 is 0 Å². The fourth-order valence-corrected chi connectivity index (χ4v) is 1.64. The van der Waals surface area contributed by atoms with Crippen LogP contribution in [0.5, 0.6) is 5.75 Å². The maximum absolute atomic E-state index is 11.9. The minimum Gasteiger partial charge on any atom is -0.497 e. The molecule has 0 aliphatic carbocycles. The maximum Gasteiger partial charge on any atom is 0.274 e. The minimum absolute atomic E-state index is 0.231. The topological polar surface area (TPSA) is 64.4 Å². The van der Waals surface area contributed by atoms with E-state index in [1.165, 1.54) is 0 Å². The molecule has 19 heavy (non-hydrogen) atoms. The Balaban J connectivity index is 1.98. The van der Waals surface area contributed by atoms with E-state index in [4.69, 9.17) is 9.26 Å². The van der Waals surface area contributed by atoms with E-state index in [0.717, 1.165) is 16.9 Å². The molecule has 0 spiro atoms. The van der Waals surface area contributed by atoms with Crippen LogP contribution in [0.1, 0.15) is 27.4 Å². The van der Waals surface area contributed by atoms with Crippen molar-refractivity contribution in [3.63, 3.8) is 0 Å². The summed E-state index contributed by atoms with van der Waals surface area (Å²) < 4.78 is 10.0. The van der Waals surface area contributed by atoms with Crippen molar-refractivity contribution >= 4 is 5.91 Å². The average Bonchev–Trinajstić information content (AvgIpc) is 2.77. The van der Waals surface area contributed by atoms with Gasteiger partial charge in [-0.1, -0.05) is 17.3 Å². The first kappa shape index (κ1) is 13.1. The number of hydrogen-bond acceptors (Lipinski definition) is 4. The van der Waals surface area contributed by atoms with E-state index in [2.05, 4.69) is 10.5 Å². The van der Waals surface area contributed by atoms with E-state index >= 15 is 0 Å². The lowest BCUT2D eigenvalue weighted by Gasteiger charge is -2.05. The van der Waals surface area contributed by atoms with Crippen LogP contribution in [-0.4, -0.2) is 18.2 Å². The maximum atomic E-state index is 11.9. The highest BCUT2D eigenvalue weighted by Gasteiger charge is 2.15. The molecule has 1 aromatic carbocycles. The van der Waals surface area contributed by atoms with Crippen molar-refractivity contribution in [1.82, 2.24) is 10.5 Å². The highest BCUT2D eigenvalue weighted by Crippen LogP contribution is 2.13. The zero-order chi connectivity index (χ0) is 13.8. The Bertz CT molecular complexity index is 573. The predicted molar refractivity (Wildman–Crippen MR) is 70.1 cm³/mol.